The summed E-state index contributed by atoms with van der Waals surface area (Å²) in [5, 5.41) is 0.636. The van der Waals surface area contributed by atoms with Crippen LogP contribution in [0.5, 0.6) is 11.5 Å². The fourth-order valence-corrected chi connectivity index (χ4v) is 2.22. The van der Waals surface area contributed by atoms with Crippen LogP contribution in [0.25, 0.3) is 0 Å². The molecule has 1 amide bonds. The average molecular weight is 319 g/mol. The zero-order chi connectivity index (χ0) is 15.4. The minimum Gasteiger partial charge on any atom is -0.485 e. The Morgan fingerprint density at radius 1 is 1.23 bits per heavy atom. The van der Waals surface area contributed by atoms with E-state index in [4.69, 9.17) is 21.1 Å². The number of rotatable bonds is 5. The molecule has 0 bridgehead atoms. The first-order chi connectivity index (χ1) is 10.7. The van der Waals surface area contributed by atoms with Crippen LogP contribution in [0.1, 0.15) is 0 Å². The molecule has 6 heteroatoms. The van der Waals surface area contributed by atoms with Gasteiger partial charge in [-0.1, -0.05) is 11.6 Å². The van der Waals surface area contributed by atoms with Gasteiger partial charge in [-0.2, -0.15) is 0 Å². The summed E-state index contributed by atoms with van der Waals surface area (Å²) >= 11 is 5.79. The van der Waals surface area contributed by atoms with Crippen molar-refractivity contribution in [2.75, 3.05) is 19.7 Å². The topological polar surface area (TPSA) is 51.7 Å². The van der Waals surface area contributed by atoms with Crippen LogP contribution in [0.3, 0.4) is 0 Å². The van der Waals surface area contributed by atoms with Crippen molar-refractivity contribution in [3.8, 4) is 11.5 Å². The number of carbonyl (C=O) groups is 1. The minimum atomic E-state index is -0.0546. The van der Waals surface area contributed by atoms with Gasteiger partial charge in [0.25, 0.3) is 5.91 Å². The third-order valence-corrected chi connectivity index (χ3v) is 3.57. The number of amides is 1. The molecule has 1 aromatic carbocycles. The standard InChI is InChI=1S/C16H15ClN2O3/c17-12-3-5-13(6-4-12)21-11-16(20)19-9-15(10-19)22-14-2-1-7-18-8-14/h1-8,15H,9-11H2. The minimum absolute atomic E-state index is 0.0151. The second-order valence-electron chi connectivity index (χ2n) is 4.97. The number of hydrogen-bond acceptors (Lipinski definition) is 4. The Hall–Kier alpha value is -2.27. The van der Waals surface area contributed by atoms with E-state index in [0.29, 0.717) is 23.9 Å². The van der Waals surface area contributed by atoms with Gasteiger partial charge in [0.2, 0.25) is 0 Å². The van der Waals surface area contributed by atoms with Gasteiger partial charge in [0.1, 0.15) is 17.6 Å². The summed E-state index contributed by atoms with van der Waals surface area (Å²) < 4.78 is 11.1. The molecule has 0 aliphatic carbocycles. The average Bonchev–Trinajstić information content (AvgIpc) is 2.50. The Morgan fingerprint density at radius 3 is 2.68 bits per heavy atom. The summed E-state index contributed by atoms with van der Waals surface area (Å²) in [6.07, 6.45) is 3.37. The number of halogens is 1. The van der Waals surface area contributed by atoms with Crippen LogP contribution in [-0.4, -0.2) is 41.6 Å². The predicted octanol–water partition coefficient (Wildman–Crippen LogP) is 2.40. The molecule has 1 aromatic heterocycles. The van der Waals surface area contributed by atoms with Crippen LogP contribution in [0.2, 0.25) is 5.02 Å². The Kier molecular flexibility index (Phi) is 4.44. The monoisotopic (exact) mass is 318 g/mol. The summed E-state index contributed by atoms with van der Waals surface area (Å²) in [6, 6.07) is 10.6. The molecule has 0 radical (unpaired) electrons. The van der Waals surface area contributed by atoms with Crippen molar-refractivity contribution in [1.29, 1.82) is 0 Å². The molecule has 0 atom stereocenters. The van der Waals surface area contributed by atoms with Crippen molar-refractivity contribution in [2.24, 2.45) is 0 Å². The van der Waals surface area contributed by atoms with Crippen molar-refractivity contribution in [3.05, 3.63) is 53.8 Å². The molecular formula is C16H15ClN2O3. The molecule has 3 rings (SSSR count). The highest BCUT2D eigenvalue weighted by Crippen LogP contribution is 2.18. The fourth-order valence-electron chi connectivity index (χ4n) is 2.09. The van der Waals surface area contributed by atoms with Gasteiger partial charge in [-0.15, -0.1) is 0 Å². The maximum Gasteiger partial charge on any atom is 0.260 e. The summed E-state index contributed by atoms with van der Waals surface area (Å²) in [7, 11) is 0. The molecule has 1 fully saturated rings. The molecule has 0 N–H and O–H groups in total. The van der Waals surface area contributed by atoms with Gasteiger partial charge < -0.3 is 14.4 Å². The molecule has 2 heterocycles. The lowest BCUT2D eigenvalue weighted by Gasteiger charge is -2.38. The molecule has 114 valence electrons. The second-order valence-corrected chi connectivity index (χ2v) is 5.41. The maximum atomic E-state index is 12.0. The molecule has 2 aromatic rings. The third-order valence-electron chi connectivity index (χ3n) is 3.31. The van der Waals surface area contributed by atoms with Gasteiger partial charge in [-0.25, -0.2) is 0 Å². The molecule has 5 nitrogen and oxygen atoms in total. The summed E-state index contributed by atoms with van der Waals surface area (Å²) in [4.78, 5) is 17.7. The van der Waals surface area contributed by atoms with E-state index in [1.807, 2.05) is 12.1 Å². The first-order valence-electron chi connectivity index (χ1n) is 6.93. The number of likely N-dealkylation sites (tertiary alicyclic amines) is 1. The number of nitrogens with zero attached hydrogens (tertiary/aromatic N) is 2. The molecule has 1 aliphatic rings. The molecule has 0 unspecified atom stereocenters. The number of hydrogen-bond donors (Lipinski definition) is 0. The maximum absolute atomic E-state index is 12.0. The van der Waals surface area contributed by atoms with Crippen molar-refractivity contribution in [1.82, 2.24) is 9.88 Å². The van der Waals surface area contributed by atoms with Crippen molar-refractivity contribution < 1.29 is 14.3 Å². The number of aromatic nitrogens is 1. The molecule has 0 spiro atoms. The lowest BCUT2D eigenvalue weighted by molar-refractivity contribution is -0.142. The number of benzene rings is 1. The van der Waals surface area contributed by atoms with Gasteiger partial charge in [0, 0.05) is 11.2 Å². The van der Waals surface area contributed by atoms with Crippen molar-refractivity contribution in [2.45, 2.75) is 6.10 Å². The SMILES string of the molecule is O=C(COc1ccc(Cl)cc1)N1CC(Oc2cccnc2)C1. The molecule has 22 heavy (non-hydrogen) atoms. The Morgan fingerprint density at radius 2 is 2.00 bits per heavy atom. The van der Waals surface area contributed by atoms with E-state index >= 15 is 0 Å². The first-order valence-corrected chi connectivity index (χ1v) is 7.31. The van der Waals surface area contributed by atoms with Crippen LogP contribution < -0.4 is 9.47 Å². The molecule has 1 aliphatic heterocycles. The normalized spacial score (nSPS) is 14.3. The lowest BCUT2D eigenvalue weighted by atomic mass is 10.1. The number of pyridine rings is 1. The summed E-state index contributed by atoms with van der Waals surface area (Å²) in [6.45, 7) is 1.15. The highest BCUT2D eigenvalue weighted by Gasteiger charge is 2.32. The smallest absolute Gasteiger partial charge is 0.260 e. The largest absolute Gasteiger partial charge is 0.485 e. The van der Waals surface area contributed by atoms with E-state index in [2.05, 4.69) is 4.98 Å². The highest BCUT2D eigenvalue weighted by atomic mass is 35.5. The Bertz CT molecular complexity index is 628. The highest BCUT2D eigenvalue weighted by molar-refractivity contribution is 6.30. The number of carbonyl (C=O) groups excluding carboxylic acids is 1. The third kappa shape index (κ3) is 3.68. The zero-order valence-corrected chi connectivity index (χ0v) is 12.6. The number of ether oxygens (including phenoxy) is 2. The van der Waals surface area contributed by atoms with Gasteiger partial charge in [-0.05, 0) is 36.4 Å². The van der Waals surface area contributed by atoms with Crippen LogP contribution in [0, 0.1) is 0 Å². The first kappa shape index (κ1) is 14.7. The quantitative estimate of drug-likeness (QED) is 0.849. The van der Waals surface area contributed by atoms with E-state index in [1.165, 1.54) is 0 Å². The Labute approximate surface area is 133 Å². The fraction of sp³-hybridized carbons (Fsp3) is 0.250. The predicted molar refractivity (Wildman–Crippen MR) is 82.2 cm³/mol. The van der Waals surface area contributed by atoms with Crippen LogP contribution in [0.15, 0.2) is 48.8 Å². The molecule has 1 saturated heterocycles. The van der Waals surface area contributed by atoms with Crippen molar-refractivity contribution in [3.63, 3.8) is 0 Å². The van der Waals surface area contributed by atoms with Gasteiger partial charge in [0.15, 0.2) is 6.61 Å². The van der Waals surface area contributed by atoms with E-state index in [-0.39, 0.29) is 18.6 Å². The van der Waals surface area contributed by atoms with E-state index in [1.54, 1.807) is 41.6 Å². The van der Waals surface area contributed by atoms with E-state index in [0.717, 1.165) is 5.75 Å². The second kappa shape index (κ2) is 6.66. The van der Waals surface area contributed by atoms with Gasteiger partial charge >= 0.3 is 0 Å². The molecular weight excluding hydrogens is 304 g/mol. The van der Waals surface area contributed by atoms with Crippen LogP contribution in [-0.2, 0) is 4.79 Å². The summed E-state index contributed by atoms with van der Waals surface area (Å²) in [5.41, 5.74) is 0. The van der Waals surface area contributed by atoms with Gasteiger partial charge in [-0.3, -0.25) is 9.78 Å². The van der Waals surface area contributed by atoms with Crippen LogP contribution >= 0.6 is 11.6 Å². The Balaban J connectivity index is 1.41. The van der Waals surface area contributed by atoms with E-state index in [9.17, 15) is 4.79 Å². The molecule has 0 saturated carbocycles. The zero-order valence-electron chi connectivity index (χ0n) is 11.8. The van der Waals surface area contributed by atoms with Gasteiger partial charge in [0.05, 0.1) is 19.3 Å². The van der Waals surface area contributed by atoms with Crippen molar-refractivity contribution >= 4 is 17.5 Å². The van der Waals surface area contributed by atoms with E-state index < -0.39 is 0 Å². The lowest BCUT2D eigenvalue weighted by Crippen LogP contribution is -2.57. The summed E-state index contributed by atoms with van der Waals surface area (Å²) in [5.74, 6) is 1.29. The van der Waals surface area contributed by atoms with Crippen LogP contribution in [0.4, 0.5) is 0 Å².